The Balaban J connectivity index is 1.28. The van der Waals surface area contributed by atoms with Crippen molar-refractivity contribution in [2.45, 2.75) is 18.5 Å². The van der Waals surface area contributed by atoms with Gasteiger partial charge in [-0.1, -0.05) is 29.8 Å². The lowest BCUT2D eigenvalue weighted by molar-refractivity contribution is 0.0916. The van der Waals surface area contributed by atoms with Crippen LogP contribution in [-0.2, 0) is 0 Å². The number of fused-ring (bicyclic) bond motifs is 1. The number of benzene rings is 2. The van der Waals surface area contributed by atoms with E-state index in [0.717, 1.165) is 29.8 Å². The molecule has 36 heavy (non-hydrogen) atoms. The largest absolute Gasteiger partial charge is 0.394 e. The molecule has 10 heteroatoms. The third-order valence-corrected chi connectivity index (χ3v) is 7.05. The standard InChI is InChI=1S/C26H26ClFN6O2/c1-33(17-9-11-34(13-17)25-19-8-10-29-24(19)30-15-31-25)23-7-6-16(12-21(23)28)26(36)32-22(14-35)18-4-2-3-5-20(18)27/h2-8,10,12,15,17,22,35H,9,11,13-14H2,1H3,(H,32,36)(H,29,30,31)/t17-,22?/m1/s1. The van der Waals surface area contributed by atoms with E-state index in [4.69, 9.17) is 11.6 Å². The number of amides is 1. The molecule has 2 aromatic carbocycles. The number of carbonyl (C=O) groups excluding carboxylic acids is 1. The molecule has 8 nitrogen and oxygen atoms in total. The van der Waals surface area contributed by atoms with E-state index in [2.05, 4.69) is 25.2 Å². The predicted molar refractivity (Wildman–Crippen MR) is 138 cm³/mol. The summed E-state index contributed by atoms with van der Waals surface area (Å²) in [7, 11) is 1.86. The number of aromatic nitrogens is 3. The van der Waals surface area contributed by atoms with Gasteiger partial charge in [0.1, 0.15) is 23.6 Å². The fraction of sp³-hybridized carbons (Fsp3) is 0.269. The minimum atomic E-state index is -0.700. The van der Waals surface area contributed by atoms with Gasteiger partial charge in [-0.15, -0.1) is 0 Å². The van der Waals surface area contributed by atoms with Crippen molar-refractivity contribution in [2.75, 3.05) is 36.5 Å². The summed E-state index contributed by atoms with van der Waals surface area (Å²) in [6, 6.07) is 12.7. The Morgan fingerprint density at radius 2 is 2.14 bits per heavy atom. The number of likely N-dealkylation sites (N-methyl/N-ethyl adjacent to an activating group) is 1. The summed E-state index contributed by atoms with van der Waals surface area (Å²) in [4.78, 5) is 28.7. The Morgan fingerprint density at radius 3 is 2.92 bits per heavy atom. The van der Waals surface area contributed by atoms with Gasteiger partial charge >= 0.3 is 0 Å². The van der Waals surface area contributed by atoms with Gasteiger partial charge in [0.15, 0.2) is 0 Å². The number of H-pyrrole nitrogens is 1. The molecule has 3 heterocycles. The monoisotopic (exact) mass is 508 g/mol. The van der Waals surface area contributed by atoms with E-state index in [1.807, 2.05) is 24.2 Å². The summed E-state index contributed by atoms with van der Waals surface area (Å²) in [5.41, 5.74) is 1.96. The van der Waals surface area contributed by atoms with Gasteiger partial charge in [0, 0.05) is 43.0 Å². The number of nitrogens with one attached hydrogen (secondary N) is 2. The van der Waals surface area contributed by atoms with Gasteiger partial charge in [-0.2, -0.15) is 0 Å². The van der Waals surface area contributed by atoms with Crippen LogP contribution >= 0.6 is 11.6 Å². The van der Waals surface area contributed by atoms with E-state index in [0.29, 0.717) is 22.8 Å². The molecule has 5 rings (SSSR count). The summed E-state index contributed by atoms with van der Waals surface area (Å²) in [5, 5.41) is 13.9. The SMILES string of the molecule is CN(c1ccc(C(=O)NC(CO)c2ccccc2Cl)cc1F)[C@@H]1CCN(c2ncnc3[nH]ccc23)C1. The molecule has 4 aromatic rings. The lowest BCUT2D eigenvalue weighted by atomic mass is 10.1. The number of hydrogen-bond donors (Lipinski definition) is 3. The quantitative estimate of drug-likeness (QED) is 0.350. The summed E-state index contributed by atoms with van der Waals surface area (Å²) < 4.78 is 15.2. The molecule has 2 atom stereocenters. The number of rotatable bonds is 7. The van der Waals surface area contributed by atoms with Crippen LogP contribution in [0.1, 0.15) is 28.4 Å². The number of carbonyl (C=O) groups is 1. The van der Waals surface area contributed by atoms with Crippen molar-refractivity contribution in [3.8, 4) is 0 Å². The molecule has 0 bridgehead atoms. The van der Waals surface area contributed by atoms with Crippen molar-refractivity contribution in [1.29, 1.82) is 0 Å². The fourth-order valence-electron chi connectivity index (χ4n) is 4.71. The molecule has 0 spiro atoms. The Morgan fingerprint density at radius 1 is 1.31 bits per heavy atom. The second-order valence-corrected chi connectivity index (χ2v) is 9.24. The Hall–Kier alpha value is -3.69. The van der Waals surface area contributed by atoms with Gasteiger partial charge in [0.25, 0.3) is 5.91 Å². The van der Waals surface area contributed by atoms with E-state index >= 15 is 4.39 Å². The summed E-state index contributed by atoms with van der Waals surface area (Å²) in [6.45, 7) is 1.14. The van der Waals surface area contributed by atoms with Crippen molar-refractivity contribution in [3.05, 3.63) is 83.0 Å². The molecule has 1 fully saturated rings. The molecular weight excluding hydrogens is 483 g/mol. The maximum atomic E-state index is 15.2. The van der Waals surface area contributed by atoms with Crippen molar-refractivity contribution in [3.63, 3.8) is 0 Å². The number of hydrogen-bond acceptors (Lipinski definition) is 6. The van der Waals surface area contributed by atoms with Crippen molar-refractivity contribution >= 4 is 40.0 Å². The third kappa shape index (κ3) is 4.59. The van der Waals surface area contributed by atoms with E-state index in [1.165, 1.54) is 6.07 Å². The van der Waals surface area contributed by atoms with E-state index in [9.17, 15) is 9.90 Å². The van der Waals surface area contributed by atoms with E-state index in [1.54, 1.807) is 42.7 Å². The maximum absolute atomic E-state index is 15.2. The second-order valence-electron chi connectivity index (χ2n) is 8.83. The highest BCUT2D eigenvalue weighted by Gasteiger charge is 2.29. The van der Waals surface area contributed by atoms with E-state index in [-0.39, 0.29) is 18.2 Å². The van der Waals surface area contributed by atoms with Gasteiger partial charge in [-0.3, -0.25) is 4.79 Å². The molecular formula is C26H26ClFN6O2. The van der Waals surface area contributed by atoms with Gasteiger partial charge < -0.3 is 25.2 Å². The molecule has 1 saturated heterocycles. The van der Waals surface area contributed by atoms with E-state index < -0.39 is 17.8 Å². The first-order chi connectivity index (χ1) is 17.5. The maximum Gasteiger partial charge on any atom is 0.251 e. The van der Waals surface area contributed by atoms with Gasteiger partial charge in [0.2, 0.25) is 0 Å². The van der Waals surface area contributed by atoms with Crippen LogP contribution in [0.5, 0.6) is 0 Å². The molecule has 0 aliphatic carbocycles. The Bertz CT molecular complexity index is 1400. The zero-order valence-corrected chi connectivity index (χ0v) is 20.4. The fourth-order valence-corrected chi connectivity index (χ4v) is 4.98. The van der Waals surface area contributed by atoms with Crippen molar-refractivity contribution in [1.82, 2.24) is 20.3 Å². The predicted octanol–water partition coefficient (Wildman–Crippen LogP) is 3.93. The number of aliphatic hydroxyl groups is 1. The molecule has 1 unspecified atom stereocenters. The molecule has 0 saturated carbocycles. The summed E-state index contributed by atoms with van der Waals surface area (Å²) >= 11 is 6.20. The lowest BCUT2D eigenvalue weighted by Gasteiger charge is -2.28. The average molecular weight is 509 g/mol. The highest BCUT2D eigenvalue weighted by molar-refractivity contribution is 6.31. The van der Waals surface area contributed by atoms with Gasteiger partial charge in [0.05, 0.1) is 23.7 Å². The van der Waals surface area contributed by atoms with Gasteiger partial charge in [-0.25, -0.2) is 14.4 Å². The van der Waals surface area contributed by atoms with Crippen LogP contribution in [0.25, 0.3) is 11.0 Å². The molecule has 186 valence electrons. The lowest BCUT2D eigenvalue weighted by Crippen LogP contribution is -2.35. The molecule has 1 aliphatic rings. The zero-order chi connectivity index (χ0) is 25.2. The number of aliphatic hydroxyl groups excluding tert-OH is 1. The van der Waals surface area contributed by atoms with Crippen LogP contribution in [0.4, 0.5) is 15.9 Å². The second kappa shape index (κ2) is 10.1. The number of anilines is 2. The first-order valence-electron chi connectivity index (χ1n) is 11.7. The molecule has 2 aromatic heterocycles. The van der Waals surface area contributed by atoms with Crippen LogP contribution in [0.2, 0.25) is 5.02 Å². The number of nitrogens with zero attached hydrogens (tertiary/aromatic N) is 4. The molecule has 1 amide bonds. The Labute approximate surface area is 212 Å². The van der Waals surface area contributed by atoms with Crippen molar-refractivity contribution < 1.29 is 14.3 Å². The first-order valence-corrected chi connectivity index (χ1v) is 12.1. The summed E-state index contributed by atoms with van der Waals surface area (Å²) in [6.07, 6.45) is 4.22. The normalized spacial score (nSPS) is 16.3. The molecule has 3 N–H and O–H groups in total. The highest BCUT2D eigenvalue weighted by atomic mass is 35.5. The van der Waals surface area contributed by atoms with Gasteiger partial charge in [-0.05, 0) is 42.3 Å². The number of aromatic amines is 1. The highest BCUT2D eigenvalue weighted by Crippen LogP contribution is 2.30. The number of halogens is 2. The average Bonchev–Trinajstić information content (AvgIpc) is 3.57. The van der Waals surface area contributed by atoms with Crippen LogP contribution < -0.4 is 15.1 Å². The molecule has 1 aliphatic heterocycles. The minimum absolute atomic E-state index is 0.0714. The van der Waals surface area contributed by atoms with Crippen molar-refractivity contribution in [2.24, 2.45) is 0 Å². The Kier molecular flexibility index (Phi) is 6.75. The third-order valence-electron chi connectivity index (χ3n) is 6.70. The molecule has 0 radical (unpaired) electrons. The van der Waals surface area contributed by atoms with Crippen LogP contribution in [0.15, 0.2) is 61.1 Å². The van der Waals surface area contributed by atoms with Crippen LogP contribution in [0.3, 0.4) is 0 Å². The summed E-state index contributed by atoms with van der Waals surface area (Å²) in [5.74, 6) is -0.119. The zero-order valence-electron chi connectivity index (χ0n) is 19.7. The smallest absolute Gasteiger partial charge is 0.251 e. The first kappa shape index (κ1) is 24.0. The minimum Gasteiger partial charge on any atom is -0.394 e. The van der Waals surface area contributed by atoms with Crippen LogP contribution in [-0.4, -0.2) is 58.8 Å². The van der Waals surface area contributed by atoms with Crippen LogP contribution in [0, 0.1) is 5.82 Å². The topological polar surface area (TPSA) is 97.4 Å².